The van der Waals surface area contributed by atoms with Crippen LogP contribution in [0.2, 0.25) is 0 Å². The van der Waals surface area contributed by atoms with E-state index in [2.05, 4.69) is 10.6 Å². The standard InChI is InChI=1S/C19H29N3O4/c1-11(2)12(3)20-16(10-23)17(13(4)24)21-15-9-7-8-14(18(15)25)19(26)22(5)6/h7-9,11-12,20-21,23,25H,10H2,1-6H3/b17-16-/t12-/m1/s1. The Morgan fingerprint density at radius 1 is 1.19 bits per heavy atom. The molecule has 0 aliphatic carbocycles. The molecule has 0 saturated heterocycles. The average Bonchev–Trinajstić information content (AvgIpc) is 2.57. The van der Waals surface area contributed by atoms with Crippen molar-refractivity contribution in [1.82, 2.24) is 10.2 Å². The van der Waals surface area contributed by atoms with Crippen LogP contribution in [0.15, 0.2) is 29.6 Å². The highest BCUT2D eigenvalue weighted by Gasteiger charge is 2.20. The highest BCUT2D eigenvalue weighted by atomic mass is 16.3. The summed E-state index contributed by atoms with van der Waals surface area (Å²) in [5.41, 5.74) is 0.817. The van der Waals surface area contributed by atoms with Crippen LogP contribution in [0.5, 0.6) is 5.75 Å². The van der Waals surface area contributed by atoms with Gasteiger partial charge in [-0.25, -0.2) is 0 Å². The van der Waals surface area contributed by atoms with Gasteiger partial charge in [0.1, 0.15) is 5.70 Å². The van der Waals surface area contributed by atoms with E-state index < -0.39 is 0 Å². The Balaban J connectivity index is 3.30. The Bertz CT molecular complexity index is 696. The SMILES string of the molecule is CC(=O)/C(Nc1cccc(C(=O)N(C)C)c1O)=C(\CO)N[C@H](C)C(C)C. The van der Waals surface area contributed by atoms with Gasteiger partial charge in [0, 0.05) is 27.1 Å². The van der Waals surface area contributed by atoms with E-state index in [0.29, 0.717) is 11.6 Å². The number of benzene rings is 1. The van der Waals surface area contributed by atoms with E-state index in [-0.39, 0.29) is 47.0 Å². The van der Waals surface area contributed by atoms with Gasteiger partial charge in [-0.3, -0.25) is 9.59 Å². The Kier molecular flexibility index (Phi) is 7.64. The van der Waals surface area contributed by atoms with Crippen LogP contribution in [0.25, 0.3) is 0 Å². The molecule has 7 nitrogen and oxygen atoms in total. The summed E-state index contributed by atoms with van der Waals surface area (Å²) >= 11 is 0. The van der Waals surface area contributed by atoms with Gasteiger partial charge in [0.15, 0.2) is 11.5 Å². The number of phenols is 1. The summed E-state index contributed by atoms with van der Waals surface area (Å²) in [6.45, 7) is 7.00. The molecule has 0 aliphatic heterocycles. The molecular formula is C19H29N3O4. The number of hydrogen-bond donors (Lipinski definition) is 4. The summed E-state index contributed by atoms with van der Waals surface area (Å²) in [5, 5.41) is 26.1. The van der Waals surface area contributed by atoms with E-state index in [1.807, 2.05) is 20.8 Å². The number of hydrogen-bond acceptors (Lipinski definition) is 6. The molecule has 1 aromatic carbocycles. The summed E-state index contributed by atoms with van der Waals surface area (Å²) in [6, 6.07) is 4.71. The maximum atomic E-state index is 12.2. The van der Waals surface area contributed by atoms with Gasteiger partial charge in [0.2, 0.25) is 0 Å². The van der Waals surface area contributed by atoms with Crippen molar-refractivity contribution in [2.24, 2.45) is 5.92 Å². The van der Waals surface area contributed by atoms with Crippen molar-refractivity contribution in [3.8, 4) is 5.75 Å². The predicted octanol–water partition coefficient (Wildman–Crippen LogP) is 1.93. The zero-order valence-electron chi connectivity index (χ0n) is 16.3. The molecule has 0 radical (unpaired) electrons. The average molecular weight is 363 g/mol. The molecule has 7 heteroatoms. The molecule has 1 amide bonds. The summed E-state index contributed by atoms with van der Waals surface area (Å²) in [6.07, 6.45) is 0. The number of allylic oxidation sites excluding steroid dienone is 1. The minimum atomic E-state index is -0.365. The molecule has 1 rings (SSSR count). The molecule has 26 heavy (non-hydrogen) atoms. The Labute approximate surface area is 154 Å². The zero-order valence-corrected chi connectivity index (χ0v) is 16.3. The second-order valence-corrected chi connectivity index (χ2v) is 6.77. The van der Waals surface area contributed by atoms with Crippen LogP contribution in [-0.2, 0) is 4.79 Å². The number of aliphatic hydroxyl groups is 1. The van der Waals surface area contributed by atoms with Crippen LogP contribution in [0, 0.1) is 5.92 Å². The third-order valence-electron chi connectivity index (χ3n) is 4.15. The second-order valence-electron chi connectivity index (χ2n) is 6.77. The first kappa shape index (κ1) is 21.5. The van der Waals surface area contributed by atoms with Crippen molar-refractivity contribution in [3.63, 3.8) is 0 Å². The molecule has 0 fully saturated rings. The van der Waals surface area contributed by atoms with E-state index in [9.17, 15) is 19.8 Å². The Hall–Kier alpha value is -2.54. The molecule has 144 valence electrons. The number of carbonyl (C=O) groups is 2. The number of rotatable bonds is 8. The number of Topliss-reactive ketones (excluding diaryl/α,β-unsaturated/α-hetero) is 1. The van der Waals surface area contributed by atoms with Crippen molar-refractivity contribution in [1.29, 1.82) is 0 Å². The molecule has 0 saturated carbocycles. The van der Waals surface area contributed by atoms with Crippen LogP contribution in [-0.4, -0.2) is 53.5 Å². The van der Waals surface area contributed by atoms with E-state index in [0.717, 1.165) is 0 Å². The zero-order chi connectivity index (χ0) is 20.0. The van der Waals surface area contributed by atoms with Gasteiger partial charge in [-0.05, 0) is 25.0 Å². The predicted molar refractivity (Wildman–Crippen MR) is 102 cm³/mol. The molecule has 0 bridgehead atoms. The molecule has 1 atom stereocenters. The van der Waals surface area contributed by atoms with Crippen molar-refractivity contribution >= 4 is 17.4 Å². The molecule has 0 aliphatic rings. The first-order chi connectivity index (χ1) is 12.1. The number of nitrogens with zero attached hydrogens (tertiary/aromatic N) is 1. The Morgan fingerprint density at radius 2 is 1.81 bits per heavy atom. The van der Waals surface area contributed by atoms with Crippen molar-refractivity contribution in [3.05, 3.63) is 35.2 Å². The largest absolute Gasteiger partial charge is 0.505 e. The number of aromatic hydroxyl groups is 1. The number of ketones is 1. The maximum Gasteiger partial charge on any atom is 0.257 e. The van der Waals surface area contributed by atoms with Gasteiger partial charge in [0.05, 0.1) is 23.6 Å². The summed E-state index contributed by atoms with van der Waals surface area (Å²) < 4.78 is 0. The molecule has 0 aromatic heterocycles. The summed E-state index contributed by atoms with van der Waals surface area (Å²) in [5.74, 6) is -0.618. The van der Waals surface area contributed by atoms with Crippen LogP contribution in [0.1, 0.15) is 38.1 Å². The van der Waals surface area contributed by atoms with Crippen LogP contribution in [0.3, 0.4) is 0 Å². The normalized spacial score (nSPS) is 13.1. The van der Waals surface area contributed by atoms with Gasteiger partial charge >= 0.3 is 0 Å². The molecule has 4 N–H and O–H groups in total. The monoisotopic (exact) mass is 363 g/mol. The van der Waals surface area contributed by atoms with Crippen molar-refractivity contribution in [2.75, 3.05) is 26.0 Å². The maximum absolute atomic E-state index is 12.2. The van der Waals surface area contributed by atoms with E-state index in [1.54, 1.807) is 26.2 Å². The number of anilines is 1. The molecule has 0 heterocycles. The van der Waals surface area contributed by atoms with E-state index >= 15 is 0 Å². The number of phenolic OH excluding ortho intramolecular Hbond substituents is 1. The first-order valence-corrected chi connectivity index (χ1v) is 8.52. The van der Waals surface area contributed by atoms with Gasteiger partial charge in [-0.15, -0.1) is 0 Å². The Morgan fingerprint density at radius 3 is 2.27 bits per heavy atom. The topological polar surface area (TPSA) is 102 Å². The molecule has 1 aromatic rings. The van der Waals surface area contributed by atoms with Crippen molar-refractivity contribution in [2.45, 2.75) is 33.7 Å². The van der Waals surface area contributed by atoms with Gasteiger partial charge in [-0.2, -0.15) is 0 Å². The van der Waals surface area contributed by atoms with Crippen LogP contribution >= 0.6 is 0 Å². The molecular weight excluding hydrogens is 334 g/mol. The minimum Gasteiger partial charge on any atom is -0.505 e. The van der Waals surface area contributed by atoms with Crippen LogP contribution in [0.4, 0.5) is 5.69 Å². The van der Waals surface area contributed by atoms with Gasteiger partial charge < -0.3 is 25.7 Å². The minimum absolute atomic E-state index is 0.0311. The lowest BCUT2D eigenvalue weighted by Gasteiger charge is -2.23. The lowest BCUT2D eigenvalue weighted by Crippen LogP contribution is -2.34. The first-order valence-electron chi connectivity index (χ1n) is 8.52. The number of nitrogens with one attached hydrogen (secondary N) is 2. The number of aliphatic hydroxyl groups excluding tert-OH is 1. The lowest BCUT2D eigenvalue weighted by atomic mass is 10.1. The number of amides is 1. The number of carbonyl (C=O) groups excluding carboxylic acids is 2. The molecule has 0 spiro atoms. The highest BCUT2D eigenvalue weighted by Crippen LogP contribution is 2.29. The number of para-hydroxylation sites is 1. The summed E-state index contributed by atoms with van der Waals surface area (Å²) in [7, 11) is 3.17. The van der Waals surface area contributed by atoms with E-state index in [1.165, 1.54) is 17.9 Å². The fraction of sp³-hybridized carbons (Fsp3) is 0.474. The smallest absolute Gasteiger partial charge is 0.257 e. The second kappa shape index (κ2) is 9.24. The van der Waals surface area contributed by atoms with E-state index in [4.69, 9.17) is 0 Å². The highest BCUT2D eigenvalue weighted by molar-refractivity contribution is 6.00. The van der Waals surface area contributed by atoms with Gasteiger partial charge in [-0.1, -0.05) is 19.9 Å². The molecule has 0 unspecified atom stereocenters. The third-order valence-corrected chi connectivity index (χ3v) is 4.15. The fourth-order valence-electron chi connectivity index (χ4n) is 2.21. The summed E-state index contributed by atoms with van der Waals surface area (Å²) in [4.78, 5) is 25.6. The fourth-order valence-corrected chi connectivity index (χ4v) is 2.21. The lowest BCUT2D eigenvalue weighted by molar-refractivity contribution is -0.113. The third kappa shape index (κ3) is 5.23. The van der Waals surface area contributed by atoms with Crippen molar-refractivity contribution < 1.29 is 19.8 Å². The van der Waals surface area contributed by atoms with Crippen LogP contribution < -0.4 is 10.6 Å². The van der Waals surface area contributed by atoms with Gasteiger partial charge in [0.25, 0.3) is 5.91 Å². The quantitative estimate of drug-likeness (QED) is 0.416.